The summed E-state index contributed by atoms with van der Waals surface area (Å²) in [5.74, 6) is 0.196. The molecule has 1 aliphatic rings. The van der Waals surface area contributed by atoms with Crippen LogP contribution in [0.3, 0.4) is 0 Å². The maximum absolute atomic E-state index is 11.7. The quantitative estimate of drug-likeness (QED) is 0.720. The van der Waals surface area contributed by atoms with Crippen LogP contribution in [0.4, 0.5) is 0 Å². The zero-order valence-corrected chi connectivity index (χ0v) is 9.72. The Balaban J connectivity index is 2.50. The summed E-state index contributed by atoms with van der Waals surface area (Å²) in [7, 11) is 0. The fraction of sp³-hybridized carbons (Fsp3) is 0.909. The van der Waals surface area contributed by atoms with Crippen molar-refractivity contribution in [3.63, 3.8) is 0 Å². The van der Waals surface area contributed by atoms with Crippen LogP contribution in [0.2, 0.25) is 0 Å². The first kappa shape index (κ1) is 11.5. The average Bonchev–Trinajstić information content (AvgIpc) is 2.58. The smallest absolute Gasteiger partial charge is 0.224 e. The van der Waals surface area contributed by atoms with Crippen LogP contribution < -0.4 is 5.32 Å². The van der Waals surface area contributed by atoms with Crippen molar-refractivity contribution < 1.29 is 9.90 Å². The molecule has 1 rings (SSSR count). The predicted molar refractivity (Wildman–Crippen MR) is 55.8 cm³/mol. The molecule has 82 valence electrons. The van der Waals surface area contributed by atoms with Crippen LogP contribution in [0, 0.1) is 11.3 Å². The van der Waals surface area contributed by atoms with Crippen molar-refractivity contribution in [1.29, 1.82) is 0 Å². The molecule has 0 saturated heterocycles. The minimum Gasteiger partial charge on any atom is -0.391 e. The molecule has 0 bridgehead atoms. The Labute approximate surface area is 85.9 Å². The lowest BCUT2D eigenvalue weighted by molar-refractivity contribution is -0.125. The van der Waals surface area contributed by atoms with E-state index in [0.29, 0.717) is 0 Å². The fourth-order valence-corrected chi connectivity index (χ4v) is 1.42. The van der Waals surface area contributed by atoms with Gasteiger partial charge in [0.2, 0.25) is 5.91 Å². The summed E-state index contributed by atoms with van der Waals surface area (Å²) in [5, 5.41) is 12.3. The Morgan fingerprint density at radius 2 is 2.00 bits per heavy atom. The first-order valence-electron chi connectivity index (χ1n) is 5.17. The van der Waals surface area contributed by atoms with Crippen LogP contribution >= 0.6 is 0 Å². The maximum atomic E-state index is 11.7. The number of aliphatic hydroxyl groups excluding tert-OH is 1. The molecule has 2 unspecified atom stereocenters. The lowest BCUT2D eigenvalue weighted by Crippen LogP contribution is -2.51. The number of hydrogen-bond donors (Lipinski definition) is 2. The fourth-order valence-electron chi connectivity index (χ4n) is 1.42. The van der Waals surface area contributed by atoms with Crippen molar-refractivity contribution in [2.45, 2.75) is 52.7 Å². The Bertz CT molecular complexity index is 244. The topological polar surface area (TPSA) is 49.3 Å². The van der Waals surface area contributed by atoms with E-state index < -0.39 is 11.6 Å². The van der Waals surface area contributed by atoms with E-state index in [4.69, 9.17) is 0 Å². The average molecular weight is 199 g/mol. The van der Waals surface area contributed by atoms with Gasteiger partial charge in [-0.3, -0.25) is 4.79 Å². The minimum absolute atomic E-state index is 0.0703. The van der Waals surface area contributed by atoms with Crippen LogP contribution in [0.15, 0.2) is 0 Å². The van der Waals surface area contributed by atoms with Crippen molar-refractivity contribution in [3.05, 3.63) is 0 Å². The second-order valence-electron chi connectivity index (χ2n) is 5.63. The van der Waals surface area contributed by atoms with E-state index in [1.54, 1.807) is 6.92 Å². The van der Waals surface area contributed by atoms with Gasteiger partial charge in [-0.25, -0.2) is 0 Å². The SMILES string of the molecule is CC(O)C(C)(C)NC(=O)C1CC1(C)C. The van der Waals surface area contributed by atoms with Crippen molar-refractivity contribution in [1.82, 2.24) is 5.32 Å². The van der Waals surface area contributed by atoms with Gasteiger partial charge in [0, 0.05) is 5.92 Å². The Kier molecular flexibility index (Phi) is 2.65. The van der Waals surface area contributed by atoms with E-state index in [1.807, 2.05) is 13.8 Å². The molecular formula is C11H21NO2. The number of hydrogen-bond acceptors (Lipinski definition) is 2. The van der Waals surface area contributed by atoms with Crippen LogP contribution in [-0.4, -0.2) is 22.7 Å². The second kappa shape index (κ2) is 3.23. The van der Waals surface area contributed by atoms with E-state index >= 15 is 0 Å². The summed E-state index contributed by atoms with van der Waals surface area (Å²) in [4.78, 5) is 11.7. The largest absolute Gasteiger partial charge is 0.391 e. The highest BCUT2D eigenvalue weighted by molar-refractivity contribution is 5.83. The summed E-state index contributed by atoms with van der Waals surface area (Å²) in [6.07, 6.45) is 0.419. The zero-order valence-electron chi connectivity index (χ0n) is 9.72. The lowest BCUT2D eigenvalue weighted by atomic mass is 9.98. The second-order valence-corrected chi connectivity index (χ2v) is 5.63. The van der Waals surface area contributed by atoms with Crippen LogP contribution in [0.5, 0.6) is 0 Å². The third-order valence-electron chi connectivity index (χ3n) is 3.32. The summed E-state index contributed by atoms with van der Waals surface area (Å²) in [6.45, 7) is 9.55. The number of amides is 1. The Morgan fingerprint density at radius 1 is 1.57 bits per heavy atom. The molecule has 0 spiro atoms. The first-order chi connectivity index (χ1) is 6.17. The van der Waals surface area contributed by atoms with Gasteiger partial charge in [-0.2, -0.15) is 0 Å². The maximum Gasteiger partial charge on any atom is 0.224 e. The number of carbonyl (C=O) groups excluding carboxylic acids is 1. The van der Waals surface area contributed by atoms with Gasteiger partial charge in [0.15, 0.2) is 0 Å². The van der Waals surface area contributed by atoms with Gasteiger partial charge in [-0.1, -0.05) is 13.8 Å². The van der Waals surface area contributed by atoms with Gasteiger partial charge in [0.1, 0.15) is 0 Å². The molecule has 1 amide bonds. The molecular weight excluding hydrogens is 178 g/mol. The summed E-state index contributed by atoms with van der Waals surface area (Å²) in [5.41, 5.74) is -0.380. The van der Waals surface area contributed by atoms with E-state index in [1.165, 1.54) is 0 Å². The third kappa shape index (κ3) is 2.27. The van der Waals surface area contributed by atoms with E-state index in [0.717, 1.165) is 6.42 Å². The molecule has 2 atom stereocenters. The molecule has 3 nitrogen and oxygen atoms in total. The number of nitrogens with one attached hydrogen (secondary N) is 1. The molecule has 1 aliphatic carbocycles. The zero-order chi connectivity index (χ0) is 11.1. The van der Waals surface area contributed by atoms with Crippen LogP contribution in [-0.2, 0) is 4.79 Å². The monoisotopic (exact) mass is 199 g/mol. The van der Waals surface area contributed by atoms with Gasteiger partial charge in [-0.05, 0) is 32.6 Å². The third-order valence-corrected chi connectivity index (χ3v) is 3.32. The molecule has 0 aromatic carbocycles. The summed E-state index contributed by atoms with van der Waals surface area (Å²) >= 11 is 0. The molecule has 0 aromatic heterocycles. The van der Waals surface area contributed by atoms with Crippen molar-refractivity contribution in [2.24, 2.45) is 11.3 Å². The van der Waals surface area contributed by atoms with Crippen molar-refractivity contribution in [2.75, 3.05) is 0 Å². The van der Waals surface area contributed by atoms with Crippen LogP contribution in [0.25, 0.3) is 0 Å². The molecule has 1 fully saturated rings. The normalized spacial score (nSPS) is 26.9. The van der Waals surface area contributed by atoms with Crippen molar-refractivity contribution >= 4 is 5.91 Å². The highest BCUT2D eigenvalue weighted by atomic mass is 16.3. The summed E-state index contributed by atoms with van der Waals surface area (Å²) < 4.78 is 0. The lowest BCUT2D eigenvalue weighted by Gasteiger charge is -2.29. The molecule has 1 saturated carbocycles. The molecule has 3 heteroatoms. The van der Waals surface area contributed by atoms with Crippen molar-refractivity contribution in [3.8, 4) is 0 Å². The molecule has 0 aromatic rings. The van der Waals surface area contributed by atoms with Gasteiger partial charge in [-0.15, -0.1) is 0 Å². The highest BCUT2D eigenvalue weighted by Gasteiger charge is 2.51. The highest BCUT2D eigenvalue weighted by Crippen LogP contribution is 2.51. The van der Waals surface area contributed by atoms with E-state index in [2.05, 4.69) is 19.2 Å². The molecule has 0 heterocycles. The van der Waals surface area contributed by atoms with Gasteiger partial charge in [0.05, 0.1) is 11.6 Å². The first-order valence-corrected chi connectivity index (χ1v) is 5.17. The standard InChI is InChI=1S/C11H21NO2/c1-7(13)11(4,5)12-9(14)8-6-10(8,2)3/h7-8,13H,6H2,1-5H3,(H,12,14). The van der Waals surface area contributed by atoms with Gasteiger partial charge >= 0.3 is 0 Å². The Morgan fingerprint density at radius 3 is 2.29 bits per heavy atom. The number of rotatable bonds is 3. The molecule has 0 radical (unpaired) electrons. The van der Waals surface area contributed by atoms with Gasteiger partial charge < -0.3 is 10.4 Å². The van der Waals surface area contributed by atoms with E-state index in [-0.39, 0.29) is 17.2 Å². The summed E-state index contributed by atoms with van der Waals surface area (Å²) in [6, 6.07) is 0. The molecule has 0 aliphatic heterocycles. The minimum atomic E-state index is -0.534. The molecule has 2 N–H and O–H groups in total. The van der Waals surface area contributed by atoms with Gasteiger partial charge in [0.25, 0.3) is 0 Å². The number of carbonyl (C=O) groups is 1. The predicted octanol–water partition coefficient (Wildman–Crippen LogP) is 1.31. The number of aliphatic hydroxyl groups is 1. The molecule has 14 heavy (non-hydrogen) atoms. The van der Waals surface area contributed by atoms with E-state index in [9.17, 15) is 9.90 Å². The Hall–Kier alpha value is -0.570. The van der Waals surface area contributed by atoms with Crippen LogP contribution in [0.1, 0.15) is 41.0 Å².